The van der Waals surface area contributed by atoms with Gasteiger partial charge in [0.25, 0.3) is 0 Å². The van der Waals surface area contributed by atoms with E-state index < -0.39 is 11.7 Å². The summed E-state index contributed by atoms with van der Waals surface area (Å²) in [7, 11) is 0. The topological polar surface area (TPSA) is 81.8 Å². The maximum atomic E-state index is 13.9. The molecule has 20 heavy (non-hydrogen) atoms. The van der Waals surface area contributed by atoms with Crippen LogP contribution in [0.15, 0.2) is 24.3 Å². The molecule has 2 aromatic rings. The Kier molecular flexibility index (Phi) is 2.95. The number of hydrogen-bond acceptors (Lipinski definition) is 5. The normalized spacial score (nSPS) is 13.8. The van der Waals surface area contributed by atoms with Crippen molar-refractivity contribution in [2.45, 2.75) is 18.9 Å². The molecule has 1 fully saturated rings. The molecular weight excluding hydrogens is 259 g/mol. The molecule has 0 saturated heterocycles. The molecule has 1 aromatic carbocycles. The monoisotopic (exact) mass is 270 g/mol. The molecule has 1 aromatic heterocycles. The summed E-state index contributed by atoms with van der Waals surface area (Å²) in [5.41, 5.74) is 0.137. The molecule has 3 rings (SSSR count). The summed E-state index contributed by atoms with van der Waals surface area (Å²) in [6.45, 7) is 0. The highest BCUT2D eigenvalue weighted by molar-refractivity contribution is 5.70. The fourth-order valence-corrected chi connectivity index (χ4v) is 1.87. The van der Waals surface area contributed by atoms with Crippen LogP contribution < -0.4 is 5.32 Å². The van der Waals surface area contributed by atoms with Crippen molar-refractivity contribution in [2.24, 2.45) is 0 Å². The minimum Gasteiger partial charge on any atom is -0.492 e. The van der Waals surface area contributed by atoms with Crippen LogP contribution in [0.25, 0.3) is 11.3 Å². The van der Waals surface area contributed by atoms with Gasteiger partial charge in [0.15, 0.2) is 0 Å². The van der Waals surface area contributed by atoms with E-state index >= 15 is 0 Å². The first-order chi connectivity index (χ1) is 9.69. The van der Waals surface area contributed by atoms with Crippen LogP contribution in [0.4, 0.5) is 10.3 Å². The van der Waals surface area contributed by atoms with E-state index in [2.05, 4.69) is 15.3 Å². The summed E-state index contributed by atoms with van der Waals surface area (Å²) in [6, 6.07) is 8.09. The maximum Gasteiger partial charge on any atom is 0.234 e. The zero-order chi connectivity index (χ0) is 14.1. The van der Waals surface area contributed by atoms with E-state index in [4.69, 9.17) is 5.26 Å². The molecule has 0 radical (unpaired) electrons. The lowest BCUT2D eigenvalue weighted by atomic mass is 10.1. The summed E-state index contributed by atoms with van der Waals surface area (Å²) >= 11 is 0. The van der Waals surface area contributed by atoms with Gasteiger partial charge in [-0.3, -0.25) is 0 Å². The predicted molar refractivity (Wildman–Crippen MR) is 70.5 cm³/mol. The minimum atomic E-state index is -0.500. The van der Waals surface area contributed by atoms with Crippen molar-refractivity contribution < 1.29 is 9.50 Å². The Morgan fingerprint density at radius 1 is 1.30 bits per heavy atom. The lowest BCUT2D eigenvalue weighted by molar-refractivity contribution is 0.451. The first-order valence-electron chi connectivity index (χ1n) is 6.21. The zero-order valence-corrected chi connectivity index (χ0v) is 10.5. The second-order valence-corrected chi connectivity index (χ2v) is 4.60. The average Bonchev–Trinajstić information content (AvgIpc) is 3.22. The molecule has 0 unspecified atom stereocenters. The molecule has 1 heterocycles. The molecule has 100 valence electrons. The van der Waals surface area contributed by atoms with Crippen molar-refractivity contribution in [3.05, 3.63) is 35.6 Å². The molecule has 0 aliphatic heterocycles. The molecule has 1 aliphatic rings. The van der Waals surface area contributed by atoms with E-state index in [1.54, 1.807) is 12.1 Å². The SMILES string of the molecule is N#Cc1c(O)nc(NC2CC2)nc1-c1ccccc1F. The molecule has 0 amide bonds. The van der Waals surface area contributed by atoms with Gasteiger partial charge in [-0.2, -0.15) is 10.2 Å². The van der Waals surface area contributed by atoms with Gasteiger partial charge in [-0.25, -0.2) is 9.37 Å². The van der Waals surface area contributed by atoms with Crippen molar-refractivity contribution in [2.75, 3.05) is 5.32 Å². The van der Waals surface area contributed by atoms with E-state index in [0.29, 0.717) is 0 Å². The number of nitriles is 1. The second kappa shape index (κ2) is 4.78. The van der Waals surface area contributed by atoms with Crippen molar-refractivity contribution in [3.63, 3.8) is 0 Å². The Morgan fingerprint density at radius 3 is 2.70 bits per heavy atom. The van der Waals surface area contributed by atoms with E-state index in [1.807, 2.05) is 6.07 Å². The Labute approximate surface area is 114 Å². The Morgan fingerprint density at radius 2 is 2.05 bits per heavy atom. The highest BCUT2D eigenvalue weighted by Crippen LogP contribution is 2.31. The van der Waals surface area contributed by atoms with Crippen molar-refractivity contribution in [3.8, 4) is 23.2 Å². The number of aromatic nitrogens is 2. The Bertz CT molecular complexity index is 707. The van der Waals surface area contributed by atoms with Crippen LogP contribution in [0.1, 0.15) is 18.4 Å². The van der Waals surface area contributed by atoms with Gasteiger partial charge in [0, 0.05) is 11.6 Å². The number of halogens is 1. The van der Waals surface area contributed by atoms with Crippen molar-refractivity contribution in [1.29, 1.82) is 5.26 Å². The van der Waals surface area contributed by atoms with Crippen molar-refractivity contribution >= 4 is 5.95 Å². The van der Waals surface area contributed by atoms with E-state index in [0.717, 1.165) is 12.8 Å². The fraction of sp³-hybridized carbons (Fsp3) is 0.214. The molecule has 2 N–H and O–H groups in total. The van der Waals surface area contributed by atoms with Crippen molar-refractivity contribution in [1.82, 2.24) is 9.97 Å². The highest BCUT2D eigenvalue weighted by atomic mass is 19.1. The van der Waals surface area contributed by atoms with Gasteiger partial charge in [0.05, 0.1) is 0 Å². The molecule has 1 aliphatic carbocycles. The minimum absolute atomic E-state index is 0.0984. The lowest BCUT2D eigenvalue weighted by Gasteiger charge is -2.09. The summed E-state index contributed by atoms with van der Waals surface area (Å²) in [5, 5.41) is 21.9. The number of benzene rings is 1. The highest BCUT2D eigenvalue weighted by Gasteiger charge is 2.24. The van der Waals surface area contributed by atoms with Crippen LogP contribution in [-0.2, 0) is 0 Å². The predicted octanol–water partition coefficient (Wildman–Crippen LogP) is 2.43. The van der Waals surface area contributed by atoms with Gasteiger partial charge in [-0.05, 0) is 25.0 Å². The van der Waals surface area contributed by atoms with Gasteiger partial charge in [-0.1, -0.05) is 12.1 Å². The first kappa shape index (κ1) is 12.4. The molecule has 0 bridgehead atoms. The zero-order valence-electron chi connectivity index (χ0n) is 10.5. The molecular formula is C14H11FN4O. The number of rotatable bonds is 3. The number of nitrogens with one attached hydrogen (secondary N) is 1. The third kappa shape index (κ3) is 2.26. The molecule has 0 atom stereocenters. The molecule has 0 spiro atoms. The standard InChI is InChI=1S/C14H11FN4O/c15-11-4-2-1-3-9(11)12-10(7-16)13(20)19-14(18-12)17-8-5-6-8/h1-4,8H,5-6H2,(H2,17,18,19,20). The van der Waals surface area contributed by atoms with Gasteiger partial charge in [0.1, 0.15) is 23.1 Å². The largest absolute Gasteiger partial charge is 0.492 e. The van der Waals surface area contributed by atoms with Gasteiger partial charge in [0.2, 0.25) is 11.8 Å². The number of anilines is 1. The van der Waals surface area contributed by atoms with E-state index in [9.17, 15) is 9.50 Å². The van der Waals surface area contributed by atoms with Gasteiger partial charge >= 0.3 is 0 Å². The number of aromatic hydroxyl groups is 1. The fourth-order valence-electron chi connectivity index (χ4n) is 1.87. The Balaban J connectivity index is 2.14. The second-order valence-electron chi connectivity index (χ2n) is 4.60. The van der Waals surface area contributed by atoms with Crippen LogP contribution in [0.2, 0.25) is 0 Å². The third-order valence-corrected chi connectivity index (χ3v) is 3.04. The quantitative estimate of drug-likeness (QED) is 0.895. The molecule has 6 heteroatoms. The summed E-state index contributed by atoms with van der Waals surface area (Å²) < 4.78 is 13.9. The Hall–Kier alpha value is -2.68. The summed E-state index contributed by atoms with van der Waals surface area (Å²) in [4.78, 5) is 8.00. The first-order valence-corrected chi connectivity index (χ1v) is 6.21. The van der Waals surface area contributed by atoms with Crippen LogP contribution in [0.3, 0.4) is 0 Å². The van der Waals surface area contributed by atoms with Gasteiger partial charge < -0.3 is 10.4 Å². The molecule has 1 saturated carbocycles. The third-order valence-electron chi connectivity index (χ3n) is 3.04. The van der Waals surface area contributed by atoms with Crippen LogP contribution in [0.5, 0.6) is 5.88 Å². The molecule has 5 nitrogen and oxygen atoms in total. The lowest BCUT2D eigenvalue weighted by Crippen LogP contribution is -2.07. The summed E-state index contributed by atoms with van der Waals surface area (Å²) in [6.07, 6.45) is 2.03. The van der Waals surface area contributed by atoms with Gasteiger partial charge in [-0.15, -0.1) is 0 Å². The van der Waals surface area contributed by atoms with E-state index in [-0.39, 0.29) is 28.8 Å². The maximum absolute atomic E-state index is 13.9. The van der Waals surface area contributed by atoms with E-state index in [1.165, 1.54) is 12.1 Å². The smallest absolute Gasteiger partial charge is 0.234 e. The van der Waals surface area contributed by atoms with Crippen LogP contribution in [-0.4, -0.2) is 21.1 Å². The number of hydrogen-bond donors (Lipinski definition) is 2. The van der Waals surface area contributed by atoms with Crippen LogP contribution >= 0.6 is 0 Å². The average molecular weight is 270 g/mol. The van der Waals surface area contributed by atoms with Crippen LogP contribution in [0, 0.1) is 17.1 Å². The summed E-state index contributed by atoms with van der Waals surface area (Å²) in [5.74, 6) is -0.731. The number of nitrogens with zero attached hydrogens (tertiary/aromatic N) is 3.